The summed E-state index contributed by atoms with van der Waals surface area (Å²) in [6, 6.07) is 6.05. The molecule has 0 spiro atoms. The van der Waals surface area contributed by atoms with E-state index in [0.29, 0.717) is 19.4 Å². The molecule has 0 saturated heterocycles. The number of aryl methyl sites for hydroxylation is 1. The van der Waals surface area contributed by atoms with Crippen molar-refractivity contribution < 1.29 is 4.79 Å². The van der Waals surface area contributed by atoms with Gasteiger partial charge in [0.1, 0.15) is 6.33 Å². The van der Waals surface area contributed by atoms with Crippen LogP contribution in [0.3, 0.4) is 0 Å². The van der Waals surface area contributed by atoms with Crippen LogP contribution in [-0.4, -0.2) is 31.8 Å². The molecule has 1 N–H and O–H groups in total. The minimum absolute atomic E-state index is 0.0317. The molecule has 0 bridgehead atoms. The third-order valence-electron chi connectivity index (χ3n) is 3.61. The van der Waals surface area contributed by atoms with Gasteiger partial charge in [-0.05, 0) is 34.5 Å². The molecule has 3 heterocycles. The van der Waals surface area contributed by atoms with E-state index in [1.807, 2.05) is 37.0 Å². The van der Waals surface area contributed by atoms with E-state index >= 15 is 0 Å². The summed E-state index contributed by atoms with van der Waals surface area (Å²) in [5.74, 6) is 0.776. The Morgan fingerprint density at radius 3 is 2.87 bits per heavy atom. The van der Waals surface area contributed by atoms with Crippen LogP contribution >= 0.6 is 11.3 Å². The Bertz CT molecular complexity index is 698. The number of nitrogens with one attached hydrogen (secondary N) is 1. The van der Waals surface area contributed by atoms with Crippen molar-refractivity contribution in [3.8, 4) is 0 Å². The Labute approximate surface area is 138 Å². The molecule has 0 aliphatic rings. The number of nitrogens with zero attached hydrogens (tertiary/aromatic N) is 4. The highest BCUT2D eigenvalue weighted by Gasteiger charge is 2.17. The smallest absolute Gasteiger partial charge is 0.222 e. The Balaban J connectivity index is 1.56. The lowest BCUT2D eigenvalue weighted by Gasteiger charge is -2.17. The molecular weight excluding hydrogens is 310 g/mol. The van der Waals surface area contributed by atoms with Crippen molar-refractivity contribution in [1.82, 2.24) is 24.6 Å². The zero-order chi connectivity index (χ0) is 16.1. The monoisotopic (exact) mass is 329 g/mol. The molecule has 3 aromatic rings. The summed E-state index contributed by atoms with van der Waals surface area (Å²) in [6.45, 7) is 0.547. The maximum Gasteiger partial charge on any atom is 0.222 e. The van der Waals surface area contributed by atoms with Gasteiger partial charge in [-0.15, -0.1) is 0 Å². The van der Waals surface area contributed by atoms with E-state index in [1.165, 1.54) is 0 Å². The van der Waals surface area contributed by atoms with Crippen molar-refractivity contribution >= 4 is 17.2 Å². The molecule has 0 saturated carbocycles. The topological polar surface area (TPSA) is 64.7 Å². The minimum Gasteiger partial charge on any atom is -0.356 e. The average Bonchev–Trinajstić information content (AvgIpc) is 3.28. The van der Waals surface area contributed by atoms with Crippen LogP contribution in [0.1, 0.15) is 23.9 Å². The normalized spacial score (nSPS) is 12.2. The fourth-order valence-electron chi connectivity index (χ4n) is 2.48. The van der Waals surface area contributed by atoms with Gasteiger partial charge in [-0.2, -0.15) is 16.4 Å². The van der Waals surface area contributed by atoms with Crippen LogP contribution in [0.4, 0.5) is 0 Å². The lowest BCUT2D eigenvalue weighted by Crippen LogP contribution is -2.28. The Hall–Kier alpha value is -2.41. The molecule has 1 amide bonds. The summed E-state index contributed by atoms with van der Waals surface area (Å²) in [4.78, 5) is 16.4. The van der Waals surface area contributed by atoms with E-state index < -0.39 is 0 Å². The predicted molar refractivity (Wildman–Crippen MR) is 89.2 cm³/mol. The second kappa shape index (κ2) is 7.23. The van der Waals surface area contributed by atoms with Gasteiger partial charge < -0.3 is 9.88 Å². The van der Waals surface area contributed by atoms with Crippen molar-refractivity contribution in [1.29, 1.82) is 0 Å². The highest BCUT2D eigenvalue weighted by molar-refractivity contribution is 7.07. The van der Waals surface area contributed by atoms with Crippen LogP contribution in [-0.2, 0) is 18.3 Å². The van der Waals surface area contributed by atoms with E-state index in [0.717, 1.165) is 11.4 Å². The lowest BCUT2D eigenvalue weighted by atomic mass is 10.1. The van der Waals surface area contributed by atoms with Gasteiger partial charge in [0, 0.05) is 32.4 Å². The molecule has 0 fully saturated rings. The third kappa shape index (κ3) is 4.07. The summed E-state index contributed by atoms with van der Waals surface area (Å²) in [5.41, 5.74) is 1.16. The molecule has 23 heavy (non-hydrogen) atoms. The largest absolute Gasteiger partial charge is 0.356 e. The van der Waals surface area contributed by atoms with Crippen molar-refractivity contribution in [2.75, 3.05) is 6.54 Å². The molecule has 7 heteroatoms. The average molecular weight is 329 g/mol. The SMILES string of the molecule is Cn1cnc(CCNC(=O)C[C@H](c2ccsc2)n2cccc2)n1. The van der Waals surface area contributed by atoms with E-state index in [1.54, 1.807) is 22.3 Å². The van der Waals surface area contributed by atoms with E-state index in [4.69, 9.17) is 0 Å². The van der Waals surface area contributed by atoms with Crippen LogP contribution in [0.25, 0.3) is 0 Å². The molecule has 0 aromatic carbocycles. The summed E-state index contributed by atoms with van der Waals surface area (Å²) >= 11 is 1.65. The molecule has 0 radical (unpaired) electrons. The Kier molecular flexibility index (Phi) is 4.87. The van der Waals surface area contributed by atoms with Gasteiger partial charge in [-0.25, -0.2) is 4.98 Å². The molecule has 0 aliphatic carbocycles. The summed E-state index contributed by atoms with van der Waals surface area (Å²) in [7, 11) is 1.83. The molecule has 3 aromatic heterocycles. The van der Waals surface area contributed by atoms with E-state index in [-0.39, 0.29) is 11.9 Å². The van der Waals surface area contributed by atoms with Crippen molar-refractivity contribution in [3.05, 3.63) is 59.1 Å². The number of carbonyl (C=O) groups excluding carboxylic acids is 1. The first-order chi connectivity index (χ1) is 11.2. The predicted octanol–water partition coefficient (Wildman–Crippen LogP) is 2.02. The van der Waals surface area contributed by atoms with Gasteiger partial charge in [0.05, 0.1) is 12.5 Å². The Morgan fingerprint density at radius 2 is 2.22 bits per heavy atom. The molecular formula is C16H19N5OS. The van der Waals surface area contributed by atoms with Gasteiger partial charge in [0.15, 0.2) is 5.82 Å². The highest BCUT2D eigenvalue weighted by atomic mass is 32.1. The standard InChI is InChI=1S/C16H19N5OS/c1-20-12-18-15(19-20)4-6-17-16(22)10-14(13-5-9-23-11-13)21-7-2-3-8-21/h2-3,5,7-9,11-12,14H,4,6,10H2,1H3,(H,17,22)/t14-/m1/s1. The van der Waals surface area contributed by atoms with Crippen LogP contribution < -0.4 is 5.32 Å². The minimum atomic E-state index is 0.0317. The van der Waals surface area contributed by atoms with Crippen LogP contribution in [0.2, 0.25) is 0 Å². The second-order valence-electron chi connectivity index (χ2n) is 5.34. The zero-order valence-corrected chi connectivity index (χ0v) is 13.7. The maximum absolute atomic E-state index is 12.3. The van der Waals surface area contributed by atoms with Gasteiger partial charge in [-0.3, -0.25) is 9.48 Å². The first kappa shape index (κ1) is 15.5. The van der Waals surface area contributed by atoms with Gasteiger partial charge >= 0.3 is 0 Å². The lowest BCUT2D eigenvalue weighted by molar-refractivity contribution is -0.121. The molecule has 1 atom stereocenters. The first-order valence-corrected chi connectivity index (χ1v) is 8.42. The van der Waals surface area contributed by atoms with E-state index in [9.17, 15) is 4.79 Å². The van der Waals surface area contributed by atoms with Crippen LogP contribution in [0, 0.1) is 0 Å². The summed E-state index contributed by atoms with van der Waals surface area (Å²) < 4.78 is 3.73. The number of amides is 1. The van der Waals surface area contributed by atoms with Crippen LogP contribution in [0.5, 0.6) is 0 Å². The Morgan fingerprint density at radius 1 is 1.39 bits per heavy atom. The molecule has 0 unspecified atom stereocenters. The first-order valence-electron chi connectivity index (χ1n) is 7.48. The van der Waals surface area contributed by atoms with E-state index in [2.05, 4.69) is 31.4 Å². The maximum atomic E-state index is 12.3. The molecule has 6 nitrogen and oxygen atoms in total. The van der Waals surface area contributed by atoms with Gasteiger partial charge in [0.2, 0.25) is 5.91 Å². The fourth-order valence-corrected chi connectivity index (χ4v) is 3.18. The number of aromatic nitrogens is 4. The van der Waals surface area contributed by atoms with Crippen molar-refractivity contribution in [2.45, 2.75) is 18.9 Å². The molecule has 120 valence electrons. The van der Waals surface area contributed by atoms with Gasteiger partial charge in [0.25, 0.3) is 0 Å². The fraction of sp³-hybridized carbons (Fsp3) is 0.312. The molecule has 0 aliphatic heterocycles. The highest BCUT2D eigenvalue weighted by Crippen LogP contribution is 2.24. The third-order valence-corrected chi connectivity index (χ3v) is 4.31. The number of hydrogen-bond acceptors (Lipinski definition) is 4. The van der Waals surface area contributed by atoms with Crippen LogP contribution in [0.15, 0.2) is 47.7 Å². The van der Waals surface area contributed by atoms with Crippen molar-refractivity contribution in [2.24, 2.45) is 7.05 Å². The number of hydrogen-bond donors (Lipinski definition) is 1. The number of carbonyl (C=O) groups is 1. The number of thiophene rings is 1. The quantitative estimate of drug-likeness (QED) is 0.721. The molecule has 3 rings (SSSR count). The number of rotatable bonds is 7. The second-order valence-corrected chi connectivity index (χ2v) is 6.12. The summed E-state index contributed by atoms with van der Waals surface area (Å²) in [6.07, 6.45) is 6.71. The summed E-state index contributed by atoms with van der Waals surface area (Å²) in [5, 5.41) is 11.3. The van der Waals surface area contributed by atoms with Crippen molar-refractivity contribution in [3.63, 3.8) is 0 Å². The van der Waals surface area contributed by atoms with Gasteiger partial charge in [-0.1, -0.05) is 0 Å². The zero-order valence-electron chi connectivity index (χ0n) is 12.9.